The first-order valence-corrected chi connectivity index (χ1v) is 3.87. The Balaban J connectivity index is 2.75. The first kappa shape index (κ1) is 9.70. The molecule has 5 N–H and O–H groups in total. The van der Waals surface area contributed by atoms with E-state index >= 15 is 0 Å². The summed E-state index contributed by atoms with van der Waals surface area (Å²) in [5, 5.41) is 9.35. The van der Waals surface area contributed by atoms with Crippen molar-refractivity contribution < 1.29 is 9.90 Å². The van der Waals surface area contributed by atoms with Crippen molar-refractivity contribution in [3.05, 3.63) is 35.9 Å². The summed E-state index contributed by atoms with van der Waals surface area (Å²) in [5.74, 6) is -0.920. The number of rotatable bonds is 3. The second-order valence-corrected chi connectivity index (χ2v) is 2.95. The fourth-order valence-corrected chi connectivity index (χ4v) is 0.994. The summed E-state index contributed by atoms with van der Waals surface area (Å²) >= 11 is 0. The summed E-state index contributed by atoms with van der Waals surface area (Å²) in [6, 6.07) is 8.96. The van der Waals surface area contributed by atoms with E-state index in [-0.39, 0.29) is 6.42 Å². The molecule has 1 aromatic carbocycles. The topological polar surface area (TPSA) is 89.3 Å². The number of carbonyl (C=O) groups excluding carboxylic acids is 1. The first-order chi connectivity index (χ1) is 6.02. The predicted octanol–water partition coefficient (Wildman–Crippen LogP) is -0.638. The van der Waals surface area contributed by atoms with E-state index in [1.165, 1.54) is 0 Å². The summed E-state index contributed by atoms with van der Waals surface area (Å²) in [4.78, 5) is 10.7. The minimum Gasteiger partial charge on any atom is -0.367 e. The van der Waals surface area contributed by atoms with Crippen LogP contribution in [0.5, 0.6) is 0 Å². The van der Waals surface area contributed by atoms with Crippen molar-refractivity contribution in [1.29, 1.82) is 0 Å². The molecule has 0 bridgehead atoms. The molecule has 0 radical (unpaired) electrons. The third-order valence-corrected chi connectivity index (χ3v) is 1.74. The monoisotopic (exact) mass is 180 g/mol. The van der Waals surface area contributed by atoms with Gasteiger partial charge in [-0.25, -0.2) is 0 Å². The Kier molecular flexibility index (Phi) is 2.65. The van der Waals surface area contributed by atoms with Gasteiger partial charge < -0.3 is 10.8 Å². The van der Waals surface area contributed by atoms with Crippen LogP contribution in [0.2, 0.25) is 0 Å². The number of amides is 1. The maximum absolute atomic E-state index is 10.7. The molecule has 70 valence electrons. The van der Waals surface area contributed by atoms with Gasteiger partial charge in [0.25, 0.3) is 5.91 Å². The van der Waals surface area contributed by atoms with Crippen LogP contribution in [0.3, 0.4) is 0 Å². The molecule has 1 amide bonds. The summed E-state index contributed by atoms with van der Waals surface area (Å²) in [5.41, 5.74) is 8.99. The number of primary amides is 1. The number of benzene rings is 1. The van der Waals surface area contributed by atoms with E-state index in [1.807, 2.05) is 6.07 Å². The minimum absolute atomic E-state index is 0.0309. The highest BCUT2D eigenvalue weighted by Gasteiger charge is 2.28. The highest BCUT2D eigenvalue weighted by atomic mass is 16.3. The molecule has 0 saturated carbocycles. The van der Waals surface area contributed by atoms with Crippen LogP contribution in [0.1, 0.15) is 5.56 Å². The molecule has 0 aliphatic rings. The van der Waals surface area contributed by atoms with Gasteiger partial charge in [-0.15, -0.1) is 0 Å². The van der Waals surface area contributed by atoms with E-state index in [2.05, 4.69) is 0 Å². The highest BCUT2D eigenvalue weighted by Crippen LogP contribution is 2.07. The zero-order valence-electron chi connectivity index (χ0n) is 7.10. The van der Waals surface area contributed by atoms with E-state index in [4.69, 9.17) is 11.5 Å². The Morgan fingerprint density at radius 2 is 1.92 bits per heavy atom. The lowest BCUT2D eigenvalue weighted by Crippen LogP contribution is -2.53. The van der Waals surface area contributed by atoms with E-state index in [0.29, 0.717) is 0 Å². The van der Waals surface area contributed by atoms with Gasteiger partial charge in [0.05, 0.1) is 0 Å². The maximum Gasteiger partial charge on any atom is 0.264 e. The average Bonchev–Trinajstić information content (AvgIpc) is 2.05. The molecule has 0 aliphatic carbocycles. The molecule has 0 fully saturated rings. The largest absolute Gasteiger partial charge is 0.367 e. The minimum atomic E-state index is -1.96. The summed E-state index contributed by atoms with van der Waals surface area (Å²) in [6.07, 6.45) is 0.0309. The third-order valence-electron chi connectivity index (χ3n) is 1.74. The average molecular weight is 180 g/mol. The maximum atomic E-state index is 10.7. The summed E-state index contributed by atoms with van der Waals surface area (Å²) in [6.45, 7) is 0. The molecule has 1 aromatic rings. The second kappa shape index (κ2) is 3.55. The van der Waals surface area contributed by atoms with Gasteiger partial charge in [-0.3, -0.25) is 10.5 Å². The lowest BCUT2D eigenvalue weighted by molar-refractivity contribution is -0.135. The number of hydrogen-bond acceptors (Lipinski definition) is 3. The number of hydrogen-bond donors (Lipinski definition) is 3. The van der Waals surface area contributed by atoms with Crippen LogP contribution in [0.25, 0.3) is 0 Å². The second-order valence-electron chi connectivity index (χ2n) is 2.95. The quantitative estimate of drug-likeness (QED) is 0.540. The van der Waals surface area contributed by atoms with E-state index in [1.54, 1.807) is 24.3 Å². The van der Waals surface area contributed by atoms with Crippen LogP contribution in [0.15, 0.2) is 30.3 Å². The van der Waals surface area contributed by atoms with Crippen molar-refractivity contribution in [3.63, 3.8) is 0 Å². The Morgan fingerprint density at radius 3 is 2.38 bits per heavy atom. The van der Waals surface area contributed by atoms with Crippen molar-refractivity contribution in [2.75, 3.05) is 0 Å². The SMILES string of the molecule is NC(=O)[C@@](N)(O)Cc1ccccc1. The number of aliphatic hydroxyl groups is 1. The van der Waals surface area contributed by atoms with E-state index in [0.717, 1.165) is 5.56 Å². The Morgan fingerprint density at radius 1 is 1.38 bits per heavy atom. The van der Waals surface area contributed by atoms with Crippen molar-refractivity contribution in [3.8, 4) is 0 Å². The molecule has 0 saturated heterocycles. The van der Waals surface area contributed by atoms with Crippen molar-refractivity contribution >= 4 is 5.91 Å². The fraction of sp³-hybridized carbons (Fsp3) is 0.222. The molecular weight excluding hydrogens is 168 g/mol. The van der Waals surface area contributed by atoms with E-state index < -0.39 is 11.6 Å². The molecule has 13 heavy (non-hydrogen) atoms. The Bertz CT molecular complexity index is 296. The van der Waals surface area contributed by atoms with Crippen LogP contribution in [0.4, 0.5) is 0 Å². The van der Waals surface area contributed by atoms with Gasteiger partial charge in [0.2, 0.25) is 0 Å². The Hall–Kier alpha value is -1.39. The van der Waals surface area contributed by atoms with Crippen molar-refractivity contribution in [1.82, 2.24) is 0 Å². The molecule has 4 nitrogen and oxygen atoms in total. The van der Waals surface area contributed by atoms with E-state index in [9.17, 15) is 9.90 Å². The lowest BCUT2D eigenvalue weighted by Gasteiger charge is -2.18. The van der Waals surface area contributed by atoms with Crippen LogP contribution in [0, 0.1) is 0 Å². The van der Waals surface area contributed by atoms with Gasteiger partial charge in [0.1, 0.15) is 0 Å². The first-order valence-electron chi connectivity index (χ1n) is 3.87. The molecule has 0 aliphatic heterocycles. The normalized spacial score (nSPS) is 14.9. The Labute approximate surface area is 76.2 Å². The fourth-order valence-electron chi connectivity index (χ4n) is 0.994. The molecular formula is C9H12N2O2. The molecule has 1 atom stereocenters. The zero-order chi connectivity index (χ0) is 9.90. The smallest absolute Gasteiger partial charge is 0.264 e. The van der Waals surface area contributed by atoms with Crippen molar-refractivity contribution in [2.45, 2.75) is 12.1 Å². The zero-order valence-corrected chi connectivity index (χ0v) is 7.10. The van der Waals surface area contributed by atoms with Gasteiger partial charge >= 0.3 is 0 Å². The van der Waals surface area contributed by atoms with Gasteiger partial charge in [-0.2, -0.15) is 0 Å². The predicted molar refractivity (Wildman–Crippen MR) is 48.5 cm³/mol. The molecule has 4 heteroatoms. The van der Waals surface area contributed by atoms with Gasteiger partial charge in [0, 0.05) is 6.42 Å². The molecule has 1 rings (SSSR count). The van der Waals surface area contributed by atoms with Crippen LogP contribution in [-0.2, 0) is 11.2 Å². The van der Waals surface area contributed by atoms with Crippen LogP contribution < -0.4 is 11.5 Å². The molecule has 0 unspecified atom stereocenters. The van der Waals surface area contributed by atoms with Gasteiger partial charge in [-0.05, 0) is 5.56 Å². The summed E-state index contributed by atoms with van der Waals surface area (Å²) < 4.78 is 0. The van der Waals surface area contributed by atoms with Gasteiger partial charge in [-0.1, -0.05) is 30.3 Å². The third kappa shape index (κ3) is 2.54. The number of nitrogens with two attached hydrogens (primary N) is 2. The molecule has 0 heterocycles. The van der Waals surface area contributed by atoms with Crippen LogP contribution in [-0.4, -0.2) is 16.7 Å². The van der Waals surface area contributed by atoms with Crippen LogP contribution >= 0.6 is 0 Å². The molecule has 0 aromatic heterocycles. The summed E-state index contributed by atoms with van der Waals surface area (Å²) in [7, 11) is 0. The van der Waals surface area contributed by atoms with Crippen molar-refractivity contribution in [2.24, 2.45) is 11.5 Å². The van der Waals surface area contributed by atoms with Gasteiger partial charge in [0.15, 0.2) is 5.72 Å². The standard InChI is InChI=1S/C9H12N2O2/c10-8(12)9(11,13)6-7-4-2-1-3-5-7/h1-5,13H,6,11H2,(H2,10,12)/t9-/m0/s1. The lowest BCUT2D eigenvalue weighted by atomic mass is 10.0. The molecule has 0 spiro atoms. The highest BCUT2D eigenvalue weighted by molar-refractivity contribution is 5.82. The number of carbonyl (C=O) groups is 1.